The number of thiophene rings is 1. The third-order valence-corrected chi connectivity index (χ3v) is 3.52. The molecule has 0 aliphatic heterocycles. The summed E-state index contributed by atoms with van der Waals surface area (Å²) in [4.78, 5) is 10.9. The Hall–Kier alpha value is -1.13. The van der Waals surface area contributed by atoms with Gasteiger partial charge in [0.25, 0.3) is 0 Å². The molecule has 0 saturated carbocycles. The van der Waals surface area contributed by atoms with Crippen molar-refractivity contribution in [2.75, 3.05) is 11.9 Å². The lowest BCUT2D eigenvalue weighted by Crippen LogP contribution is -2.18. The molecule has 0 unspecified atom stereocenters. The number of nitrogens with zero attached hydrogens (tertiary/aromatic N) is 3. The van der Waals surface area contributed by atoms with Gasteiger partial charge < -0.3 is 4.90 Å². The number of hydrogen-bond acceptors (Lipinski definition) is 4. The highest BCUT2D eigenvalue weighted by molar-refractivity contribution is 7.07. The maximum absolute atomic E-state index is 6.04. The van der Waals surface area contributed by atoms with Gasteiger partial charge in [-0.05, 0) is 28.8 Å². The highest BCUT2D eigenvalue weighted by Crippen LogP contribution is 2.18. The molecule has 0 aliphatic carbocycles. The first-order chi connectivity index (χ1) is 8.69. The average Bonchev–Trinajstić information content (AvgIpc) is 2.81. The molecule has 18 heavy (non-hydrogen) atoms. The fraction of sp³-hybridized carbons (Fsp3) is 0.385. The molecule has 0 amide bonds. The Kier molecular flexibility index (Phi) is 4.55. The zero-order chi connectivity index (χ0) is 13.0. The van der Waals surface area contributed by atoms with Crippen LogP contribution in [0.25, 0.3) is 0 Å². The van der Waals surface area contributed by atoms with Crippen molar-refractivity contribution in [2.24, 2.45) is 0 Å². The standard InChI is InChI=1S/C13H16ClN3S/c1-3-4-12-15-11(14)7-13(16-12)17(2)8-10-5-6-18-9-10/h5-7,9H,3-4,8H2,1-2H3. The Morgan fingerprint density at radius 2 is 2.22 bits per heavy atom. The number of rotatable bonds is 5. The fourth-order valence-corrected chi connectivity index (χ4v) is 2.58. The smallest absolute Gasteiger partial charge is 0.134 e. The molecule has 2 rings (SSSR count). The monoisotopic (exact) mass is 281 g/mol. The van der Waals surface area contributed by atoms with Crippen molar-refractivity contribution < 1.29 is 0 Å². The van der Waals surface area contributed by atoms with Gasteiger partial charge in [0.1, 0.15) is 16.8 Å². The molecule has 0 radical (unpaired) electrons. The van der Waals surface area contributed by atoms with Gasteiger partial charge in [0.05, 0.1) is 0 Å². The van der Waals surface area contributed by atoms with Gasteiger partial charge in [0.2, 0.25) is 0 Å². The third-order valence-electron chi connectivity index (χ3n) is 2.59. The van der Waals surface area contributed by atoms with E-state index in [1.165, 1.54) is 5.56 Å². The minimum atomic E-state index is 0.514. The molecule has 2 heterocycles. The Labute approximate surface area is 116 Å². The van der Waals surface area contributed by atoms with Crippen LogP contribution in [0.1, 0.15) is 24.7 Å². The highest BCUT2D eigenvalue weighted by Gasteiger charge is 2.08. The van der Waals surface area contributed by atoms with Gasteiger partial charge >= 0.3 is 0 Å². The van der Waals surface area contributed by atoms with E-state index >= 15 is 0 Å². The minimum absolute atomic E-state index is 0.514. The zero-order valence-corrected chi connectivity index (χ0v) is 12.1. The second-order valence-electron chi connectivity index (χ2n) is 4.20. The summed E-state index contributed by atoms with van der Waals surface area (Å²) in [7, 11) is 2.02. The van der Waals surface area contributed by atoms with Crippen LogP contribution in [0.4, 0.5) is 5.82 Å². The second-order valence-corrected chi connectivity index (χ2v) is 5.37. The van der Waals surface area contributed by atoms with Crippen LogP contribution in [0.3, 0.4) is 0 Å². The molecule has 0 bridgehead atoms. The number of hydrogen-bond donors (Lipinski definition) is 0. The molecule has 0 aliphatic rings. The Balaban J connectivity index is 2.16. The van der Waals surface area contributed by atoms with Crippen molar-refractivity contribution >= 4 is 28.8 Å². The quantitative estimate of drug-likeness (QED) is 0.781. The lowest BCUT2D eigenvalue weighted by Gasteiger charge is -2.18. The molecule has 5 heteroatoms. The van der Waals surface area contributed by atoms with Gasteiger partial charge in [-0.25, -0.2) is 9.97 Å². The summed E-state index contributed by atoms with van der Waals surface area (Å²) >= 11 is 7.74. The minimum Gasteiger partial charge on any atom is -0.355 e. The predicted octanol–water partition coefficient (Wildman–Crippen LogP) is 3.78. The Morgan fingerprint density at radius 3 is 2.89 bits per heavy atom. The van der Waals surface area contributed by atoms with Crippen molar-refractivity contribution in [2.45, 2.75) is 26.3 Å². The summed E-state index contributed by atoms with van der Waals surface area (Å²) in [5.41, 5.74) is 1.29. The lowest BCUT2D eigenvalue weighted by atomic mass is 10.3. The molecule has 0 spiro atoms. The first kappa shape index (κ1) is 13.3. The number of aryl methyl sites for hydroxylation is 1. The van der Waals surface area contributed by atoms with E-state index in [4.69, 9.17) is 11.6 Å². The van der Waals surface area contributed by atoms with Gasteiger partial charge in [-0.3, -0.25) is 0 Å². The summed E-state index contributed by atoms with van der Waals surface area (Å²) in [5, 5.41) is 4.74. The van der Waals surface area contributed by atoms with Crippen molar-refractivity contribution in [1.82, 2.24) is 9.97 Å². The normalized spacial score (nSPS) is 10.6. The molecular formula is C13H16ClN3S. The SMILES string of the molecule is CCCc1nc(Cl)cc(N(C)Cc2ccsc2)n1. The summed E-state index contributed by atoms with van der Waals surface area (Å²) in [6, 6.07) is 3.93. The number of aromatic nitrogens is 2. The van der Waals surface area contributed by atoms with Gasteiger partial charge in [-0.2, -0.15) is 11.3 Å². The molecule has 0 atom stereocenters. The van der Waals surface area contributed by atoms with Crippen LogP contribution in [0, 0.1) is 0 Å². The third kappa shape index (κ3) is 3.43. The van der Waals surface area contributed by atoms with Crippen LogP contribution in [0.15, 0.2) is 22.9 Å². The molecule has 2 aromatic rings. The van der Waals surface area contributed by atoms with Crippen LogP contribution < -0.4 is 4.90 Å². The molecule has 2 aromatic heterocycles. The van der Waals surface area contributed by atoms with Crippen LogP contribution >= 0.6 is 22.9 Å². The van der Waals surface area contributed by atoms with Crippen LogP contribution in [0.2, 0.25) is 5.15 Å². The molecule has 96 valence electrons. The van der Waals surface area contributed by atoms with Crippen LogP contribution in [-0.2, 0) is 13.0 Å². The summed E-state index contributed by atoms with van der Waals surface area (Å²) in [6.07, 6.45) is 1.88. The van der Waals surface area contributed by atoms with E-state index in [2.05, 4.69) is 38.6 Å². The predicted molar refractivity (Wildman–Crippen MR) is 77.5 cm³/mol. The van der Waals surface area contributed by atoms with E-state index in [9.17, 15) is 0 Å². The fourth-order valence-electron chi connectivity index (χ4n) is 1.72. The maximum Gasteiger partial charge on any atom is 0.134 e. The molecular weight excluding hydrogens is 266 g/mol. The van der Waals surface area contributed by atoms with Gasteiger partial charge in [-0.1, -0.05) is 18.5 Å². The topological polar surface area (TPSA) is 29.0 Å². The molecule has 0 N–H and O–H groups in total. The zero-order valence-electron chi connectivity index (χ0n) is 10.6. The first-order valence-electron chi connectivity index (χ1n) is 5.94. The van der Waals surface area contributed by atoms with E-state index in [1.54, 1.807) is 11.3 Å². The van der Waals surface area contributed by atoms with E-state index in [0.717, 1.165) is 31.0 Å². The van der Waals surface area contributed by atoms with Crippen LogP contribution in [0.5, 0.6) is 0 Å². The van der Waals surface area contributed by atoms with Gasteiger partial charge in [-0.15, -0.1) is 0 Å². The number of halogens is 1. The van der Waals surface area contributed by atoms with E-state index in [1.807, 2.05) is 13.1 Å². The molecule has 0 saturated heterocycles. The van der Waals surface area contributed by atoms with Crippen molar-refractivity contribution in [3.63, 3.8) is 0 Å². The van der Waals surface area contributed by atoms with Gasteiger partial charge in [0, 0.05) is 26.1 Å². The van der Waals surface area contributed by atoms with E-state index in [0.29, 0.717) is 5.15 Å². The second kappa shape index (κ2) is 6.16. The summed E-state index contributed by atoms with van der Waals surface area (Å²) in [5.74, 6) is 1.70. The Bertz CT molecular complexity index is 499. The number of anilines is 1. The summed E-state index contributed by atoms with van der Waals surface area (Å²) in [6.45, 7) is 2.95. The highest BCUT2D eigenvalue weighted by atomic mass is 35.5. The molecule has 0 aromatic carbocycles. The van der Waals surface area contributed by atoms with E-state index in [-0.39, 0.29) is 0 Å². The maximum atomic E-state index is 6.04. The average molecular weight is 282 g/mol. The van der Waals surface area contributed by atoms with Crippen LogP contribution in [-0.4, -0.2) is 17.0 Å². The lowest BCUT2D eigenvalue weighted by molar-refractivity contribution is 0.812. The van der Waals surface area contributed by atoms with Crippen molar-refractivity contribution in [3.05, 3.63) is 39.4 Å². The summed E-state index contributed by atoms with van der Waals surface area (Å²) < 4.78 is 0. The van der Waals surface area contributed by atoms with Crippen molar-refractivity contribution in [1.29, 1.82) is 0 Å². The largest absolute Gasteiger partial charge is 0.355 e. The van der Waals surface area contributed by atoms with Gasteiger partial charge in [0.15, 0.2) is 0 Å². The molecule has 3 nitrogen and oxygen atoms in total. The Morgan fingerprint density at radius 1 is 1.39 bits per heavy atom. The van der Waals surface area contributed by atoms with Crippen molar-refractivity contribution in [3.8, 4) is 0 Å². The molecule has 0 fully saturated rings. The first-order valence-corrected chi connectivity index (χ1v) is 7.26. The van der Waals surface area contributed by atoms with E-state index < -0.39 is 0 Å².